The third-order valence-electron chi connectivity index (χ3n) is 4.31. The van der Waals surface area contributed by atoms with E-state index in [4.69, 9.17) is 11.1 Å². The van der Waals surface area contributed by atoms with Gasteiger partial charge in [0.2, 0.25) is 0 Å². The van der Waals surface area contributed by atoms with Crippen LogP contribution in [0.2, 0.25) is 0 Å². The van der Waals surface area contributed by atoms with Crippen LogP contribution < -0.4 is 11.1 Å². The Morgan fingerprint density at radius 1 is 1.41 bits per heavy atom. The van der Waals surface area contributed by atoms with Crippen molar-refractivity contribution in [3.05, 3.63) is 60.4 Å². The molecule has 1 amide bonds. The SMILES string of the molecule is C=C/C(=C\N=CN)c1cnc2ccc(C(=N)CC(C)(O)C(=O)NC(C)C)cc2c1. The third-order valence-corrected chi connectivity index (χ3v) is 4.31. The molecule has 1 aromatic heterocycles. The maximum atomic E-state index is 12.2. The minimum Gasteiger partial charge on any atom is -0.390 e. The first kappa shape index (κ1) is 22.0. The van der Waals surface area contributed by atoms with Crippen molar-refractivity contribution < 1.29 is 9.90 Å². The van der Waals surface area contributed by atoms with Crippen LogP contribution in [0.15, 0.2) is 54.3 Å². The summed E-state index contributed by atoms with van der Waals surface area (Å²) in [5.41, 5.74) is 6.73. The van der Waals surface area contributed by atoms with Gasteiger partial charge in [-0.1, -0.05) is 18.7 Å². The fourth-order valence-electron chi connectivity index (χ4n) is 2.79. The molecule has 152 valence electrons. The van der Waals surface area contributed by atoms with E-state index in [1.807, 2.05) is 26.0 Å². The average molecular weight is 393 g/mol. The Morgan fingerprint density at radius 2 is 2.10 bits per heavy atom. The van der Waals surface area contributed by atoms with Crippen molar-refractivity contribution in [1.29, 1.82) is 5.41 Å². The summed E-state index contributed by atoms with van der Waals surface area (Å²) in [6, 6.07) is 7.21. The van der Waals surface area contributed by atoms with Crippen molar-refractivity contribution in [2.45, 2.75) is 38.8 Å². The van der Waals surface area contributed by atoms with Crippen LogP contribution in [-0.4, -0.2) is 39.7 Å². The molecule has 0 spiro atoms. The highest BCUT2D eigenvalue weighted by Crippen LogP contribution is 2.23. The van der Waals surface area contributed by atoms with Crippen molar-refractivity contribution in [2.75, 3.05) is 0 Å². The molecule has 0 fully saturated rings. The Hall–Kier alpha value is -3.32. The van der Waals surface area contributed by atoms with Crippen LogP contribution in [0.1, 0.15) is 38.3 Å². The van der Waals surface area contributed by atoms with E-state index in [2.05, 4.69) is 21.9 Å². The molecule has 0 bridgehead atoms. The molecule has 5 N–H and O–H groups in total. The number of amides is 1. The summed E-state index contributed by atoms with van der Waals surface area (Å²) in [7, 11) is 0. The molecule has 1 aromatic carbocycles. The van der Waals surface area contributed by atoms with E-state index in [0.717, 1.165) is 22.0 Å². The number of nitrogens with two attached hydrogens (primary N) is 1. The fourth-order valence-corrected chi connectivity index (χ4v) is 2.79. The third kappa shape index (κ3) is 5.58. The Bertz CT molecular complexity index is 990. The second kappa shape index (κ2) is 9.25. The molecule has 7 heteroatoms. The number of hydrogen-bond donors (Lipinski definition) is 4. The first-order valence-electron chi connectivity index (χ1n) is 9.25. The quantitative estimate of drug-likeness (QED) is 0.313. The Balaban J connectivity index is 2.33. The lowest BCUT2D eigenvalue weighted by molar-refractivity contribution is -0.137. The van der Waals surface area contributed by atoms with Gasteiger partial charge >= 0.3 is 0 Å². The van der Waals surface area contributed by atoms with E-state index in [-0.39, 0.29) is 18.2 Å². The summed E-state index contributed by atoms with van der Waals surface area (Å²) in [6.45, 7) is 8.83. The summed E-state index contributed by atoms with van der Waals surface area (Å²) in [4.78, 5) is 20.5. The van der Waals surface area contributed by atoms with Crippen LogP contribution in [0.4, 0.5) is 0 Å². The van der Waals surface area contributed by atoms with Gasteiger partial charge in [0.25, 0.3) is 5.91 Å². The molecule has 7 nitrogen and oxygen atoms in total. The maximum Gasteiger partial charge on any atom is 0.252 e. The summed E-state index contributed by atoms with van der Waals surface area (Å²) < 4.78 is 0. The van der Waals surface area contributed by atoms with E-state index in [0.29, 0.717) is 5.56 Å². The van der Waals surface area contributed by atoms with E-state index in [9.17, 15) is 9.90 Å². The number of benzene rings is 1. The Morgan fingerprint density at radius 3 is 2.72 bits per heavy atom. The van der Waals surface area contributed by atoms with Gasteiger partial charge in [-0.3, -0.25) is 9.78 Å². The first-order chi connectivity index (χ1) is 13.7. The number of nitrogens with one attached hydrogen (secondary N) is 2. The fraction of sp³-hybridized carbons (Fsp3) is 0.273. The van der Waals surface area contributed by atoms with Crippen LogP contribution in [0.3, 0.4) is 0 Å². The smallest absolute Gasteiger partial charge is 0.252 e. The number of hydrogen-bond acceptors (Lipinski definition) is 5. The molecule has 0 aliphatic rings. The van der Waals surface area contributed by atoms with Gasteiger partial charge in [0.15, 0.2) is 0 Å². The normalized spacial score (nSPS) is 14.2. The minimum atomic E-state index is -1.67. The van der Waals surface area contributed by atoms with Crippen molar-refractivity contribution in [3.8, 4) is 0 Å². The van der Waals surface area contributed by atoms with Gasteiger partial charge in [-0.25, -0.2) is 4.99 Å². The number of rotatable bonds is 8. The van der Waals surface area contributed by atoms with Gasteiger partial charge < -0.3 is 21.6 Å². The number of pyridine rings is 1. The average Bonchev–Trinajstić information content (AvgIpc) is 2.67. The van der Waals surface area contributed by atoms with E-state index in [1.165, 1.54) is 13.3 Å². The molecular formula is C22H27N5O2. The van der Waals surface area contributed by atoms with E-state index < -0.39 is 11.5 Å². The molecule has 0 aliphatic heterocycles. The zero-order chi connectivity index (χ0) is 21.6. The molecule has 0 saturated carbocycles. The maximum absolute atomic E-state index is 12.2. The minimum absolute atomic E-state index is 0.0935. The molecular weight excluding hydrogens is 366 g/mol. The number of carbonyl (C=O) groups is 1. The molecule has 1 unspecified atom stereocenters. The molecule has 0 saturated heterocycles. The van der Waals surface area contributed by atoms with E-state index >= 15 is 0 Å². The van der Waals surface area contributed by atoms with Crippen LogP contribution in [0.5, 0.6) is 0 Å². The largest absolute Gasteiger partial charge is 0.390 e. The number of fused-ring (bicyclic) bond motifs is 1. The first-order valence-corrected chi connectivity index (χ1v) is 9.25. The molecule has 0 aliphatic carbocycles. The van der Waals surface area contributed by atoms with Gasteiger partial charge in [0.05, 0.1) is 11.9 Å². The summed E-state index contributed by atoms with van der Waals surface area (Å²) in [5, 5.41) is 22.4. The molecule has 1 atom stereocenters. The standard InChI is InChI=1S/C22H27N5O2/c1-5-15(11-25-13-23)18-9-17-8-16(6-7-20(17)26-12-18)19(24)10-22(4,29)21(28)27-14(2)3/h5-9,11-14,24,29H,1,10H2,2-4H3,(H2,23,25)(H,27,28)/b15-11+,24-19?. The predicted octanol–water partition coefficient (Wildman–Crippen LogP) is 2.78. The van der Waals surface area contributed by atoms with Gasteiger partial charge in [0, 0.05) is 47.1 Å². The van der Waals surface area contributed by atoms with E-state index in [1.54, 1.807) is 30.6 Å². The highest BCUT2D eigenvalue weighted by Gasteiger charge is 2.32. The lowest BCUT2D eigenvalue weighted by Gasteiger charge is -2.24. The lowest BCUT2D eigenvalue weighted by Crippen LogP contribution is -2.48. The zero-order valence-corrected chi connectivity index (χ0v) is 16.9. The van der Waals surface area contributed by atoms with Crippen molar-refractivity contribution in [2.24, 2.45) is 10.7 Å². The second-order valence-electron chi connectivity index (χ2n) is 7.28. The van der Waals surface area contributed by atoms with Crippen LogP contribution in [0, 0.1) is 5.41 Å². The zero-order valence-electron chi connectivity index (χ0n) is 16.9. The van der Waals surface area contributed by atoms with Crippen LogP contribution >= 0.6 is 0 Å². The topological polar surface area (TPSA) is 124 Å². The number of aromatic nitrogens is 1. The highest BCUT2D eigenvalue weighted by molar-refractivity contribution is 6.04. The Labute approximate surface area is 170 Å². The van der Waals surface area contributed by atoms with Crippen molar-refractivity contribution >= 4 is 34.4 Å². The van der Waals surface area contributed by atoms with Crippen LogP contribution in [-0.2, 0) is 4.79 Å². The monoisotopic (exact) mass is 393 g/mol. The number of carbonyl (C=O) groups excluding carboxylic acids is 1. The summed E-state index contributed by atoms with van der Waals surface area (Å²) in [5.74, 6) is -0.497. The van der Waals surface area contributed by atoms with Gasteiger partial charge in [0.1, 0.15) is 5.60 Å². The molecule has 1 heterocycles. The molecule has 2 aromatic rings. The van der Waals surface area contributed by atoms with Crippen molar-refractivity contribution in [3.63, 3.8) is 0 Å². The molecule has 0 radical (unpaired) electrons. The number of aliphatic imine (C=N–C) groups is 1. The highest BCUT2D eigenvalue weighted by atomic mass is 16.3. The van der Waals surface area contributed by atoms with Gasteiger partial charge in [-0.2, -0.15) is 0 Å². The van der Waals surface area contributed by atoms with Crippen LogP contribution in [0.25, 0.3) is 16.5 Å². The summed E-state index contributed by atoms with van der Waals surface area (Å²) >= 11 is 0. The number of aliphatic hydroxyl groups is 1. The Kier molecular flexibility index (Phi) is 7.01. The van der Waals surface area contributed by atoms with Crippen molar-refractivity contribution in [1.82, 2.24) is 10.3 Å². The second-order valence-corrected chi connectivity index (χ2v) is 7.28. The summed E-state index contributed by atoms with van der Waals surface area (Å²) in [6.07, 6.45) is 6.05. The van der Waals surface area contributed by atoms with Gasteiger partial charge in [-0.15, -0.1) is 0 Å². The lowest BCUT2D eigenvalue weighted by atomic mass is 9.93. The number of nitrogens with zero attached hydrogens (tertiary/aromatic N) is 2. The number of allylic oxidation sites excluding steroid dienone is 2. The predicted molar refractivity (Wildman–Crippen MR) is 118 cm³/mol. The van der Waals surface area contributed by atoms with Gasteiger partial charge in [-0.05, 0) is 44.5 Å². The molecule has 2 rings (SSSR count). The molecule has 29 heavy (non-hydrogen) atoms.